The van der Waals surface area contributed by atoms with Crippen LogP contribution in [0.1, 0.15) is 28.0 Å². The smallest absolute Gasteiger partial charge is 0.348 e. The second-order valence-corrected chi connectivity index (χ2v) is 4.69. The van der Waals surface area contributed by atoms with Crippen molar-refractivity contribution in [2.45, 2.75) is 25.6 Å². The van der Waals surface area contributed by atoms with Crippen LogP contribution in [0.25, 0.3) is 0 Å². The molecule has 0 bridgehead atoms. The fourth-order valence-electron chi connectivity index (χ4n) is 1.77. The van der Waals surface area contributed by atoms with E-state index >= 15 is 0 Å². The summed E-state index contributed by atoms with van der Waals surface area (Å²) in [6, 6.07) is 6.38. The number of hydrogen-bond acceptors (Lipinski definition) is 3. The first kappa shape index (κ1) is 15.9. The lowest BCUT2D eigenvalue weighted by Crippen LogP contribution is -2.22. The van der Waals surface area contributed by atoms with Crippen LogP contribution in [0.5, 0.6) is 0 Å². The fourth-order valence-corrected chi connectivity index (χ4v) is 1.77. The fraction of sp³-hybridized carbons (Fsp3) is 0.267. The van der Waals surface area contributed by atoms with Crippen LogP contribution in [0, 0.1) is 0 Å². The Morgan fingerprint density at radius 3 is 2.45 bits per heavy atom. The van der Waals surface area contributed by atoms with E-state index in [2.05, 4.69) is 15.3 Å². The van der Waals surface area contributed by atoms with Gasteiger partial charge < -0.3 is 5.32 Å². The normalized spacial score (nSPS) is 11.2. The van der Waals surface area contributed by atoms with Crippen molar-refractivity contribution in [1.82, 2.24) is 15.3 Å². The Hall–Kier alpha value is -2.44. The lowest BCUT2D eigenvalue weighted by Gasteiger charge is -2.07. The molecule has 0 spiro atoms. The zero-order chi connectivity index (χ0) is 16.0. The molecule has 0 unspecified atom stereocenters. The number of nitrogens with one attached hydrogen (secondary N) is 1. The standard InChI is InChI=1S/C15H14F3N3O/c16-15(17,18)6-3-13-2-1-11(9-20-13)10-21-14(22)12-4-7-19-8-5-12/h1-2,4-5,7-9H,3,6,10H2,(H,21,22). The largest absolute Gasteiger partial charge is 0.389 e. The van der Waals surface area contributed by atoms with E-state index in [0.717, 1.165) is 5.56 Å². The predicted octanol–water partition coefficient (Wildman–Crippen LogP) is 2.90. The molecule has 1 amide bonds. The molecule has 4 nitrogen and oxygen atoms in total. The van der Waals surface area contributed by atoms with Gasteiger partial charge in [-0.1, -0.05) is 6.07 Å². The average molecular weight is 309 g/mol. The maximum absolute atomic E-state index is 12.1. The highest BCUT2D eigenvalue weighted by Crippen LogP contribution is 2.21. The Labute approximate surface area is 125 Å². The number of aromatic nitrogens is 2. The van der Waals surface area contributed by atoms with Crippen molar-refractivity contribution in [3.8, 4) is 0 Å². The molecular formula is C15H14F3N3O. The minimum Gasteiger partial charge on any atom is -0.348 e. The van der Waals surface area contributed by atoms with Gasteiger partial charge in [-0.3, -0.25) is 14.8 Å². The van der Waals surface area contributed by atoms with Gasteiger partial charge in [-0.2, -0.15) is 13.2 Å². The molecule has 116 valence electrons. The topological polar surface area (TPSA) is 54.9 Å². The van der Waals surface area contributed by atoms with Crippen LogP contribution in [0.4, 0.5) is 13.2 Å². The van der Waals surface area contributed by atoms with E-state index in [-0.39, 0.29) is 18.9 Å². The molecule has 0 atom stereocenters. The van der Waals surface area contributed by atoms with Gasteiger partial charge in [0.15, 0.2) is 0 Å². The molecule has 22 heavy (non-hydrogen) atoms. The van der Waals surface area contributed by atoms with Crippen LogP contribution in [-0.2, 0) is 13.0 Å². The highest BCUT2D eigenvalue weighted by atomic mass is 19.4. The summed E-state index contributed by atoms with van der Waals surface area (Å²) in [5.74, 6) is -0.247. The molecular weight excluding hydrogens is 295 g/mol. The maximum atomic E-state index is 12.1. The van der Waals surface area contributed by atoms with Crippen molar-refractivity contribution >= 4 is 5.91 Å². The number of aryl methyl sites for hydroxylation is 1. The minimum atomic E-state index is -4.18. The maximum Gasteiger partial charge on any atom is 0.389 e. The van der Waals surface area contributed by atoms with Crippen molar-refractivity contribution in [3.63, 3.8) is 0 Å². The summed E-state index contributed by atoms with van der Waals surface area (Å²) in [7, 11) is 0. The molecule has 0 aliphatic carbocycles. The van der Waals surface area contributed by atoms with Gasteiger partial charge in [0.1, 0.15) is 0 Å². The highest BCUT2D eigenvalue weighted by Gasteiger charge is 2.26. The van der Waals surface area contributed by atoms with Crippen LogP contribution in [0.15, 0.2) is 42.9 Å². The molecule has 0 saturated carbocycles. The predicted molar refractivity (Wildman–Crippen MR) is 74.0 cm³/mol. The van der Waals surface area contributed by atoms with Gasteiger partial charge in [0.05, 0.1) is 0 Å². The van der Waals surface area contributed by atoms with Gasteiger partial charge in [0.25, 0.3) is 5.91 Å². The van der Waals surface area contributed by atoms with Gasteiger partial charge in [-0.15, -0.1) is 0 Å². The molecule has 0 saturated heterocycles. The Balaban J connectivity index is 1.85. The first-order chi connectivity index (χ1) is 10.4. The van der Waals surface area contributed by atoms with E-state index in [1.807, 2.05) is 0 Å². The van der Waals surface area contributed by atoms with Gasteiger partial charge in [-0.25, -0.2) is 0 Å². The molecule has 0 aromatic carbocycles. The molecule has 2 aromatic rings. The molecule has 0 aliphatic rings. The Bertz CT molecular complexity index is 612. The van der Waals surface area contributed by atoms with E-state index in [9.17, 15) is 18.0 Å². The van der Waals surface area contributed by atoms with Gasteiger partial charge >= 0.3 is 6.18 Å². The first-order valence-corrected chi connectivity index (χ1v) is 6.63. The van der Waals surface area contributed by atoms with E-state index < -0.39 is 12.6 Å². The third-order valence-electron chi connectivity index (χ3n) is 2.95. The van der Waals surface area contributed by atoms with Crippen LogP contribution in [0.2, 0.25) is 0 Å². The number of hydrogen-bond donors (Lipinski definition) is 1. The third kappa shape index (κ3) is 5.16. The number of rotatable bonds is 5. The number of carbonyl (C=O) groups is 1. The molecule has 2 rings (SSSR count). The van der Waals surface area contributed by atoms with E-state index in [0.29, 0.717) is 11.3 Å². The average Bonchev–Trinajstić information content (AvgIpc) is 2.52. The van der Waals surface area contributed by atoms with Crippen molar-refractivity contribution in [2.75, 3.05) is 0 Å². The zero-order valence-corrected chi connectivity index (χ0v) is 11.6. The number of amides is 1. The van der Waals surface area contributed by atoms with E-state index in [1.165, 1.54) is 18.6 Å². The van der Waals surface area contributed by atoms with Crippen LogP contribution in [0.3, 0.4) is 0 Å². The summed E-state index contributed by atoms with van der Waals surface area (Å²) < 4.78 is 36.3. The Morgan fingerprint density at radius 2 is 1.86 bits per heavy atom. The number of carbonyl (C=O) groups excluding carboxylic acids is 1. The summed E-state index contributed by atoms with van der Waals surface area (Å²) in [5, 5.41) is 2.70. The lowest BCUT2D eigenvalue weighted by atomic mass is 10.2. The van der Waals surface area contributed by atoms with Crippen molar-refractivity contribution in [2.24, 2.45) is 0 Å². The monoisotopic (exact) mass is 309 g/mol. The number of nitrogens with zero attached hydrogens (tertiary/aromatic N) is 2. The summed E-state index contributed by atoms with van der Waals surface area (Å²) in [5.41, 5.74) is 1.59. The second-order valence-electron chi connectivity index (χ2n) is 4.69. The lowest BCUT2D eigenvalue weighted by molar-refractivity contribution is -0.134. The van der Waals surface area contributed by atoms with Crippen LogP contribution >= 0.6 is 0 Å². The van der Waals surface area contributed by atoms with Crippen LogP contribution in [-0.4, -0.2) is 22.1 Å². The van der Waals surface area contributed by atoms with E-state index in [4.69, 9.17) is 0 Å². The van der Waals surface area contributed by atoms with Gasteiger partial charge in [-0.05, 0) is 30.2 Å². The van der Waals surface area contributed by atoms with Crippen molar-refractivity contribution in [1.29, 1.82) is 0 Å². The highest BCUT2D eigenvalue weighted by molar-refractivity contribution is 5.93. The Morgan fingerprint density at radius 1 is 1.14 bits per heavy atom. The summed E-state index contributed by atoms with van der Waals surface area (Å²) >= 11 is 0. The Kier molecular flexibility index (Phi) is 5.08. The molecule has 2 aromatic heterocycles. The van der Waals surface area contributed by atoms with E-state index in [1.54, 1.807) is 24.3 Å². The van der Waals surface area contributed by atoms with Crippen molar-refractivity contribution in [3.05, 3.63) is 59.7 Å². The minimum absolute atomic E-state index is 0.146. The third-order valence-corrected chi connectivity index (χ3v) is 2.95. The zero-order valence-electron chi connectivity index (χ0n) is 11.6. The number of halogens is 3. The molecule has 0 fully saturated rings. The number of pyridine rings is 2. The first-order valence-electron chi connectivity index (χ1n) is 6.63. The molecule has 2 heterocycles. The molecule has 0 radical (unpaired) electrons. The molecule has 1 N–H and O–H groups in total. The summed E-state index contributed by atoms with van der Waals surface area (Å²) in [4.78, 5) is 19.6. The summed E-state index contributed by atoms with van der Waals surface area (Å²) in [6.45, 7) is 0.258. The van der Waals surface area contributed by atoms with Gasteiger partial charge in [0.2, 0.25) is 0 Å². The number of alkyl halides is 3. The SMILES string of the molecule is O=C(NCc1ccc(CCC(F)(F)F)nc1)c1ccncc1. The molecule has 0 aliphatic heterocycles. The van der Waals surface area contributed by atoms with Crippen LogP contribution < -0.4 is 5.32 Å². The van der Waals surface area contributed by atoms with Crippen molar-refractivity contribution < 1.29 is 18.0 Å². The van der Waals surface area contributed by atoms with Gasteiger partial charge in [0, 0.05) is 42.8 Å². The molecule has 7 heteroatoms. The summed E-state index contributed by atoms with van der Waals surface area (Å²) in [6.07, 6.45) is -0.708. The quantitative estimate of drug-likeness (QED) is 0.924. The second kappa shape index (κ2) is 7.02.